The van der Waals surface area contributed by atoms with Crippen LogP contribution in [0.4, 0.5) is 0 Å². The molecular weight excluding hydrogens is 312 g/mol. The Morgan fingerprint density at radius 2 is 2.11 bits per heavy atom. The maximum Gasteiger partial charge on any atom is 0.356 e. The molecule has 5 nitrogen and oxygen atoms in total. The number of halogens is 1. The van der Waals surface area contributed by atoms with Crippen molar-refractivity contribution in [1.29, 1.82) is 0 Å². The second-order valence-corrected chi connectivity index (χ2v) is 4.94. The molecule has 0 spiro atoms. The van der Waals surface area contributed by atoms with Crippen LogP contribution in [0.15, 0.2) is 22.7 Å². The van der Waals surface area contributed by atoms with Crippen molar-refractivity contribution in [2.24, 2.45) is 7.05 Å². The first kappa shape index (κ1) is 13.6. The van der Waals surface area contributed by atoms with Gasteiger partial charge < -0.3 is 9.84 Å². The largest absolute Gasteiger partial charge is 0.497 e. The molecule has 6 heteroatoms. The molecule has 0 atom stereocenters. The number of hydrogen-bond donors (Lipinski definition) is 1. The van der Waals surface area contributed by atoms with Gasteiger partial charge in [0, 0.05) is 17.1 Å². The van der Waals surface area contributed by atoms with Gasteiger partial charge in [-0.25, -0.2) is 4.79 Å². The molecule has 100 valence electrons. The minimum absolute atomic E-state index is 0.0184. The number of carboxylic acid groups (broad SMARTS) is 1. The highest BCUT2D eigenvalue weighted by molar-refractivity contribution is 9.10. The van der Waals surface area contributed by atoms with E-state index in [1.165, 1.54) is 0 Å². The zero-order valence-corrected chi connectivity index (χ0v) is 12.4. The SMILES string of the molecule is COc1cc(C)c(Br)c(-c2cc(C(=O)O)nn2C)c1. The lowest BCUT2D eigenvalue weighted by atomic mass is 10.1. The first-order valence-corrected chi connectivity index (χ1v) is 6.35. The van der Waals surface area contributed by atoms with Gasteiger partial charge >= 0.3 is 5.97 Å². The highest BCUT2D eigenvalue weighted by Crippen LogP contribution is 2.34. The Kier molecular flexibility index (Phi) is 3.61. The van der Waals surface area contributed by atoms with E-state index in [0.717, 1.165) is 15.6 Å². The van der Waals surface area contributed by atoms with Crippen molar-refractivity contribution in [3.8, 4) is 17.0 Å². The highest BCUT2D eigenvalue weighted by atomic mass is 79.9. The number of aromatic carboxylic acids is 1. The molecule has 0 unspecified atom stereocenters. The van der Waals surface area contributed by atoms with E-state index in [1.807, 2.05) is 19.1 Å². The summed E-state index contributed by atoms with van der Waals surface area (Å²) in [6, 6.07) is 5.29. The molecule has 0 aliphatic heterocycles. The van der Waals surface area contributed by atoms with E-state index in [-0.39, 0.29) is 5.69 Å². The van der Waals surface area contributed by atoms with Crippen molar-refractivity contribution < 1.29 is 14.6 Å². The molecule has 0 amide bonds. The van der Waals surface area contributed by atoms with Gasteiger partial charge in [0.25, 0.3) is 0 Å². The third-order valence-electron chi connectivity index (χ3n) is 2.84. The topological polar surface area (TPSA) is 64.3 Å². The number of methoxy groups -OCH3 is 1. The summed E-state index contributed by atoms with van der Waals surface area (Å²) in [5, 5.41) is 13.0. The molecule has 19 heavy (non-hydrogen) atoms. The molecule has 0 aliphatic carbocycles. The maximum absolute atomic E-state index is 11.0. The Labute approximate surface area is 118 Å². The van der Waals surface area contributed by atoms with Crippen LogP contribution in [-0.4, -0.2) is 28.0 Å². The number of ether oxygens (including phenoxy) is 1. The molecule has 1 heterocycles. The van der Waals surface area contributed by atoms with Crippen molar-refractivity contribution in [2.75, 3.05) is 7.11 Å². The van der Waals surface area contributed by atoms with Gasteiger partial charge in [-0.3, -0.25) is 4.68 Å². The van der Waals surface area contributed by atoms with Crippen LogP contribution < -0.4 is 4.74 Å². The van der Waals surface area contributed by atoms with Crippen LogP contribution in [0.5, 0.6) is 5.75 Å². The van der Waals surface area contributed by atoms with Crippen molar-refractivity contribution >= 4 is 21.9 Å². The summed E-state index contributed by atoms with van der Waals surface area (Å²) in [6.45, 7) is 1.95. The van der Waals surface area contributed by atoms with E-state index in [0.29, 0.717) is 11.4 Å². The average Bonchev–Trinajstić information content (AvgIpc) is 2.75. The predicted octanol–water partition coefficient (Wildman–Crippen LogP) is 2.86. The van der Waals surface area contributed by atoms with E-state index in [1.54, 1.807) is 24.9 Å². The first-order valence-electron chi connectivity index (χ1n) is 5.56. The van der Waals surface area contributed by atoms with Crippen molar-refractivity contribution in [3.05, 3.63) is 33.9 Å². The Morgan fingerprint density at radius 3 is 2.63 bits per heavy atom. The standard InChI is InChI=1S/C13H13BrN2O3/c1-7-4-8(19-3)5-9(12(7)14)11-6-10(13(17)18)15-16(11)2/h4-6H,1-3H3,(H,17,18). The number of hydrogen-bond acceptors (Lipinski definition) is 3. The second kappa shape index (κ2) is 5.05. The monoisotopic (exact) mass is 324 g/mol. The quantitative estimate of drug-likeness (QED) is 0.942. The summed E-state index contributed by atoms with van der Waals surface area (Å²) in [7, 11) is 3.31. The zero-order valence-electron chi connectivity index (χ0n) is 10.8. The summed E-state index contributed by atoms with van der Waals surface area (Å²) in [6.07, 6.45) is 0. The number of aryl methyl sites for hydroxylation is 2. The number of nitrogens with zero attached hydrogens (tertiary/aromatic N) is 2. The van der Waals surface area contributed by atoms with Crippen molar-refractivity contribution in [1.82, 2.24) is 9.78 Å². The molecule has 1 aromatic carbocycles. The Balaban J connectivity index is 2.64. The Morgan fingerprint density at radius 1 is 1.42 bits per heavy atom. The predicted molar refractivity (Wildman–Crippen MR) is 74.6 cm³/mol. The fourth-order valence-electron chi connectivity index (χ4n) is 1.86. The minimum Gasteiger partial charge on any atom is -0.497 e. The molecule has 1 N–H and O–H groups in total. The molecule has 2 rings (SSSR count). The van der Waals surface area contributed by atoms with Crippen LogP contribution in [-0.2, 0) is 7.05 Å². The second-order valence-electron chi connectivity index (χ2n) is 4.15. The van der Waals surface area contributed by atoms with Gasteiger partial charge in [-0.15, -0.1) is 0 Å². The molecule has 2 aromatic rings. The fraction of sp³-hybridized carbons (Fsp3) is 0.231. The van der Waals surface area contributed by atoms with Gasteiger partial charge in [0.1, 0.15) is 5.75 Å². The van der Waals surface area contributed by atoms with Crippen LogP contribution in [0.3, 0.4) is 0 Å². The number of carboxylic acids is 1. The average molecular weight is 325 g/mol. The van der Waals surface area contributed by atoms with E-state index in [9.17, 15) is 4.79 Å². The van der Waals surface area contributed by atoms with E-state index in [4.69, 9.17) is 9.84 Å². The fourth-order valence-corrected chi connectivity index (χ4v) is 2.30. The number of benzene rings is 1. The zero-order chi connectivity index (χ0) is 14.2. The summed E-state index contributed by atoms with van der Waals surface area (Å²) in [5.74, 6) is -0.327. The smallest absolute Gasteiger partial charge is 0.356 e. The summed E-state index contributed by atoms with van der Waals surface area (Å²) in [5.41, 5.74) is 2.59. The van der Waals surface area contributed by atoms with Crippen molar-refractivity contribution in [3.63, 3.8) is 0 Å². The van der Waals surface area contributed by atoms with Crippen LogP contribution >= 0.6 is 15.9 Å². The van der Waals surface area contributed by atoms with Crippen LogP contribution in [0.1, 0.15) is 16.1 Å². The van der Waals surface area contributed by atoms with Gasteiger partial charge in [-0.2, -0.15) is 5.10 Å². The normalized spacial score (nSPS) is 10.5. The molecule has 0 bridgehead atoms. The van der Waals surface area contributed by atoms with Crippen LogP contribution in [0.25, 0.3) is 11.3 Å². The Hall–Kier alpha value is -1.82. The molecule has 0 radical (unpaired) electrons. The number of rotatable bonds is 3. The van der Waals surface area contributed by atoms with Gasteiger partial charge in [-0.05, 0) is 46.6 Å². The van der Waals surface area contributed by atoms with Gasteiger partial charge in [-0.1, -0.05) is 0 Å². The molecule has 0 saturated heterocycles. The van der Waals surface area contributed by atoms with Crippen LogP contribution in [0, 0.1) is 6.92 Å². The molecular formula is C13H13BrN2O3. The third-order valence-corrected chi connectivity index (χ3v) is 3.89. The molecule has 0 aliphatic rings. The van der Waals surface area contributed by atoms with Gasteiger partial charge in [0.05, 0.1) is 12.8 Å². The molecule has 0 fully saturated rings. The third kappa shape index (κ3) is 2.49. The molecule has 0 saturated carbocycles. The lowest BCUT2D eigenvalue weighted by Gasteiger charge is -2.10. The summed E-state index contributed by atoms with van der Waals surface area (Å²) >= 11 is 3.52. The summed E-state index contributed by atoms with van der Waals surface area (Å²) < 4.78 is 7.68. The number of carbonyl (C=O) groups is 1. The summed E-state index contributed by atoms with van der Waals surface area (Å²) in [4.78, 5) is 11.0. The van der Waals surface area contributed by atoms with E-state index < -0.39 is 5.97 Å². The van der Waals surface area contributed by atoms with Crippen LogP contribution in [0.2, 0.25) is 0 Å². The first-order chi connectivity index (χ1) is 8.93. The highest BCUT2D eigenvalue weighted by Gasteiger charge is 2.16. The van der Waals surface area contributed by atoms with Crippen molar-refractivity contribution in [2.45, 2.75) is 6.92 Å². The van der Waals surface area contributed by atoms with E-state index in [2.05, 4.69) is 21.0 Å². The maximum atomic E-state index is 11.0. The lowest BCUT2D eigenvalue weighted by molar-refractivity contribution is 0.0689. The van der Waals surface area contributed by atoms with Gasteiger partial charge in [0.2, 0.25) is 0 Å². The minimum atomic E-state index is -1.04. The van der Waals surface area contributed by atoms with Gasteiger partial charge in [0.15, 0.2) is 5.69 Å². The van der Waals surface area contributed by atoms with E-state index >= 15 is 0 Å². The number of aromatic nitrogens is 2. The Bertz CT molecular complexity index is 650. The lowest BCUT2D eigenvalue weighted by Crippen LogP contribution is -1.99. The molecule has 1 aromatic heterocycles.